The molecule has 5 nitrogen and oxygen atoms in total. The van der Waals surface area contributed by atoms with Crippen LogP contribution in [-0.4, -0.2) is 28.2 Å². The van der Waals surface area contributed by atoms with Crippen molar-refractivity contribution in [1.82, 2.24) is 15.0 Å². The molecule has 2 atom stereocenters. The highest BCUT2D eigenvalue weighted by Gasteiger charge is 2.37. The number of hydrogen-bond acceptors (Lipinski definition) is 5. The number of hydrogen-bond donors (Lipinski definition) is 0. The summed E-state index contributed by atoms with van der Waals surface area (Å²) in [5.74, 6) is 0.231. The molecule has 6 heteroatoms. The Bertz CT molecular complexity index is 1850. The normalized spacial score (nSPS) is 13.8. The maximum absolute atomic E-state index is 14.6. The van der Waals surface area contributed by atoms with E-state index in [0.717, 1.165) is 28.1 Å². The second kappa shape index (κ2) is 13.2. The van der Waals surface area contributed by atoms with Crippen LogP contribution >= 0.6 is 0 Å². The van der Waals surface area contributed by atoms with Crippen LogP contribution in [0.1, 0.15) is 42.1 Å². The fourth-order valence-electron chi connectivity index (χ4n) is 5.59. The summed E-state index contributed by atoms with van der Waals surface area (Å²) in [6.45, 7) is 4.61. The molecule has 0 amide bonds. The van der Waals surface area contributed by atoms with E-state index in [1.54, 1.807) is 18.3 Å². The monoisotopic (exact) mass is 595 g/mol. The highest BCUT2D eigenvalue weighted by molar-refractivity contribution is 5.59. The summed E-state index contributed by atoms with van der Waals surface area (Å²) >= 11 is 0. The summed E-state index contributed by atoms with van der Waals surface area (Å²) in [5.41, 5.74) is 3.98. The van der Waals surface area contributed by atoms with E-state index in [1.165, 1.54) is 6.07 Å². The Hall–Kier alpha value is -5.20. The Morgan fingerprint density at radius 1 is 0.600 bits per heavy atom. The Morgan fingerprint density at radius 2 is 1.24 bits per heavy atom. The number of aromatic nitrogens is 3. The Morgan fingerprint density at radius 3 is 1.98 bits per heavy atom. The van der Waals surface area contributed by atoms with E-state index in [4.69, 9.17) is 19.4 Å². The third-order valence-electron chi connectivity index (χ3n) is 8.17. The van der Waals surface area contributed by atoms with E-state index in [-0.39, 0.29) is 19.0 Å². The van der Waals surface area contributed by atoms with E-state index in [9.17, 15) is 4.39 Å². The zero-order valence-corrected chi connectivity index (χ0v) is 25.3. The van der Waals surface area contributed by atoms with Crippen molar-refractivity contribution < 1.29 is 13.9 Å². The summed E-state index contributed by atoms with van der Waals surface area (Å²) in [4.78, 5) is 14.6. The van der Waals surface area contributed by atoms with Crippen LogP contribution in [0, 0.1) is 5.82 Å². The number of pyridine rings is 3. The van der Waals surface area contributed by atoms with Gasteiger partial charge in [0.2, 0.25) is 5.88 Å². The molecule has 0 bridgehead atoms. The van der Waals surface area contributed by atoms with E-state index in [0.29, 0.717) is 17.3 Å². The van der Waals surface area contributed by atoms with Gasteiger partial charge in [-0.2, -0.15) is 0 Å². The standard InChI is InChI=1S/C39H34FN3O2/c1-38(30-16-7-4-8-17-30,31-18-11-19-32(40)28-31)34-21-13-23-36(43-34)39(2,45-27-26-44-37-24-9-10-25-41-37)35-22-12-20-33(42-35)29-14-5-3-6-15-29/h3-25,28H,26-27H2,1-2H3. The van der Waals surface area contributed by atoms with Gasteiger partial charge in [0, 0.05) is 17.8 Å². The minimum absolute atomic E-state index is 0.260. The number of halogens is 1. The molecule has 0 saturated heterocycles. The second-order valence-corrected chi connectivity index (χ2v) is 11.1. The molecule has 0 aliphatic carbocycles. The average Bonchev–Trinajstić information content (AvgIpc) is 3.11. The fraction of sp³-hybridized carbons (Fsp3) is 0.154. The van der Waals surface area contributed by atoms with Crippen LogP contribution in [0.5, 0.6) is 5.88 Å². The van der Waals surface area contributed by atoms with Gasteiger partial charge in [-0.3, -0.25) is 4.98 Å². The zero-order chi connectivity index (χ0) is 31.1. The van der Waals surface area contributed by atoms with Crippen molar-refractivity contribution >= 4 is 0 Å². The Labute approximate surface area is 263 Å². The van der Waals surface area contributed by atoms with Crippen molar-refractivity contribution in [3.05, 3.63) is 180 Å². The first kappa shape index (κ1) is 29.9. The van der Waals surface area contributed by atoms with Gasteiger partial charge >= 0.3 is 0 Å². The fourth-order valence-corrected chi connectivity index (χ4v) is 5.59. The van der Waals surface area contributed by atoms with Crippen molar-refractivity contribution in [1.29, 1.82) is 0 Å². The van der Waals surface area contributed by atoms with Crippen molar-refractivity contribution in [2.45, 2.75) is 24.9 Å². The number of rotatable bonds is 11. The van der Waals surface area contributed by atoms with Crippen LogP contribution in [0.4, 0.5) is 4.39 Å². The Balaban J connectivity index is 1.43. The van der Waals surface area contributed by atoms with Crippen molar-refractivity contribution in [3.63, 3.8) is 0 Å². The van der Waals surface area contributed by atoms with Crippen LogP contribution < -0.4 is 4.74 Å². The summed E-state index contributed by atoms with van der Waals surface area (Å²) < 4.78 is 27.2. The molecule has 0 spiro atoms. The lowest BCUT2D eigenvalue weighted by molar-refractivity contribution is -0.0238. The van der Waals surface area contributed by atoms with Gasteiger partial charge < -0.3 is 9.47 Å². The van der Waals surface area contributed by atoms with Crippen LogP contribution in [-0.2, 0) is 15.8 Å². The van der Waals surface area contributed by atoms with Gasteiger partial charge in [-0.05, 0) is 67.4 Å². The highest BCUT2D eigenvalue weighted by Crippen LogP contribution is 2.40. The third-order valence-corrected chi connectivity index (χ3v) is 8.17. The lowest BCUT2D eigenvalue weighted by atomic mass is 9.73. The molecule has 3 aromatic carbocycles. The first-order valence-corrected chi connectivity index (χ1v) is 15.0. The maximum atomic E-state index is 14.6. The van der Waals surface area contributed by atoms with Gasteiger partial charge in [0.25, 0.3) is 0 Å². The molecule has 3 aromatic heterocycles. The largest absolute Gasteiger partial charge is 0.475 e. The molecule has 0 aliphatic heterocycles. The molecular formula is C39H34FN3O2. The summed E-state index contributed by atoms with van der Waals surface area (Å²) in [6, 6.07) is 44.2. The van der Waals surface area contributed by atoms with Gasteiger partial charge in [-0.25, -0.2) is 14.4 Å². The number of benzene rings is 3. The first-order valence-electron chi connectivity index (χ1n) is 15.0. The van der Waals surface area contributed by atoms with E-state index >= 15 is 0 Å². The van der Waals surface area contributed by atoms with Gasteiger partial charge in [0.15, 0.2) is 0 Å². The molecule has 3 heterocycles. The number of nitrogens with zero attached hydrogens (tertiary/aromatic N) is 3. The smallest absolute Gasteiger partial charge is 0.213 e. The average molecular weight is 596 g/mol. The first-order chi connectivity index (χ1) is 22.0. The molecule has 0 N–H and O–H groups in total. The molecular weight excluding hydrogens is 561 g/mol. The lowest BCUT2D eigenvalue weighted by Gasteiger charge is -2.34. The summed E-state index contributed by atoms with van der Waals surface area (Å²) in [6.07, 6.45) is 1.69. The molecule has 0 saturated carbocycles. The minimum atomic E-state index is -1.05. The SMILES string of the molecule is CC(OCCOc1ccccn1)(c1cccc(-c2ccccc2)n1)c1cccc(C(C)(c2ccccc2)c2cccc(F)c2)n1. The van der Waals surface area contributed by atoms with Crippen LogP contribution in [0.2, 0.25) is 0 Å². The maximum Gasteiger partial charge on any atom is 0.213 e. The molecule has 45 heavy (non-hydrogen) atoms. The van der Waals surface area contributed by atoms with Crippen LogP contribution in [0.25, 0.3) is 11.3 Å². The van der Waals surface area contributed by atoms with E-state index < -0.39 is 11.0 Å². The van der Waals surface area contributed by atoms with Crippen molar-refractivity contribution in [2.24, 2.45) is 0 Å². The van der Waals surface area contributed by atoms with Crippen LogP contribution in [0.3, 0.4) is 0 Å². The summed E-state index contributed by atoms with van der Waals surface area (Å²) in [5, 5.41) is 0. The predicted molar refractivity (Wildman–Crippen MR) is 174 cm³/mol. The topological polar surface area (TPSA) is 57.1 Å². The predicted octanol–water partition coefficient (Wildman–Crippen LogP) is 8.39. The molecule has 0 radical (unpaired) electrons. The zero-order valence-electron chi connectivity index (χ0n) is 25.3. The van der Waals surface area contributed by atoms with E-state index in [1.807, 2.05) is 116 Å². The molecule has 6 rings (SSSR count). The van der Waals surface area contributed by atoms with Crippen LogP contribution in [0.15, 0.2) is 146 Å². The molecule has 2 unspecified atom stereocenters. The highest BCUT2D eigenvalue weighted by atomic mass is 19.1. The molecule has 6 aromatic rings. The van der Waals surface area contributed by atoms with Gasteiger partial charge in [-0.15, -0.1) is 0 Å². The Kier molecular flexibility index (Phi) is 8.76. The van der Waals surface area contributed by atoms with Crippen molar-refractivity contribution in [3.8, 4) is 17.1 Å². The minimum Gasteiger partial charge on any atom is -0.475 e. The summed E-state index contributed by atoms with van der Waals surface area (Å²) in [7, 11) is 0. The third kappa shape index (κ3) is 6.37. The molecule has 0 fully saturated rings. The molecule has 224 valence electrons. The van der Waals surface area contributed by atoms with Gasteiger partial charge in [0.1, 0.15) is 18.0 Å². The van der Waals surface area contributed by atoms with Crippen molar-refractivity contribution in [2.75, 3.05) is 13.2 Å². The quantitative estimate of drug-likeness (QED) is 0.141. The van der Waals surface area contributed by atoms with Gasteiger partial charge in [-0.1, -0.05) is 91.0 Å². The lowest BCUT2D eigenvalue weighted by Crippen LogP contribution is -2.34. The number of ether oxygens (including phenoxy) is 2. The van der Waals surface area contributed by atoms with E-state index in [2.05, 4.69) is 24.0 Å². The molecule has 0 aliphatic rings. The van der Waals surface area contributed by atoms with Gasteiger partial charge in [0.05, 0.1) is 34.8 Å². The second-order valence-electron chi connectivity index (χ2n) is 11.1.